The smallest absolute Gasteiger partial charge is 0.217 e. The van der Waals surface area contributed by atoms with Crippen LogP contribution >= 0.6 is 11.3 Å². The van der Waals surface area contributed by atoms with Crippen molar-refractivity contribution >= 4 is 26.3 Å². The number of hydrogen-bond acceptors (Lipinski definition) is 6. The van der Waals surface area contributed by atoms with Crippen LogP contribution in [-0.2, 0) is 9.84 Å². The summed E-state index contributed by atoms with van der Waals surface area (Å²) in [5.41, 5.74) is 5.97. The van der Waals surface area contributed by atoms with Gasteiger partial charge in [0.05, 0.1) is 17.2 Å². The number of nitrogens with two attached hydrogens (primary N) is 1. The number of anilines is 1. The summed E-state index contributed by atoms with van der Waals surface area (Å²) in [5.74, 6) is 0.641. The van der Waals surface area contributed by atoms with Crippen LogP contribution in [0.4, 0.5) is 5.13 Å². The topological polar surface area (TPSA) is 82.3 Å². The molecule has 5 nitrogen and oxygen atoms in total. The number of thiazole rings is 1. The van der Waals surface area contributed by atoms with Gasteiger partial charge in [-0.15, -0.1) is 0 Å². The van der Waals surface area contributed by atoms with Crippen LogP contribution in [0.15, 0.2) is 33.4 Å². The molecule has 7 heteroatoms. The quantitative estimate of drug-likeness (QED) is 0.936. The highest BCUT2D eigenvalue weighted by Gasteiger charge is 2.23. The molecule has 19 heavy (non-hydrogen) atoms. The van der Waals surface area contributed by atoms with Gasteiger partial charge in [0.25, 0.3) is 0 Å². The first-order valence-corrected chi connectivity index (χ1v) is 7.96. The van der Waals surface area contributed by atoms with E-state index >= 15 is 0 Å². The monoisotopic (exact) mass is 298 g/mol. The molecule has 0 aliphatic carbocycles. The first kappa shape index (κ1) is 13.8. The lowest BCUT2D eigenvalue weighted by Crippen LogP contribution is -2.01. The Morgan fingerprint density at radius 2 is 1.95 bits per heavy atom. The van der Waals surface area contributed by atoms with E-state index in [1.54, 1.807) is 19.1 Å². The van der Waals surface area contributed by atoms with Gasteiger partial charge < -0.3 is 10.5 Å². The third kappa shape index (κ3) is 2.71. The van der Waals surface area contributed by atoms with Crippen molar-refractivity contribution in [1.82, 2.24) is 4.98 Å². The molecule has 1 aromatic carbocycles. The van der Waals surface area contributed by atoms with Crippen molar-refractivity contribution in [3.8, 4) is 5.75 Å². The van der Waals surface area contributed by atoms with Gasteiger partial charge in [0, 0.05) is 0 Å². The molecule has 0 fully saturated rings. The maximum Gasteiger partial charge on any atom is 0.217 e. The number of rotatable bonds is 4. The number of aryl methyl sites for hydroxylation is 1. The summed E-state index contributed by atoms with van der Waals surface area (Å²) in [6.45, 7) is 4.04. The van der Waals surface area contributed by atoms with Gasteiger partial charge >= 0.3 is 0 Å². The lowest BCUT2D eigenvalue weighted by atomic mass is 10.3. The zero-order valence-electron chi connectivity index (χ0n) is 10.6. The van der Waals surface area contributed by atoms with Crippen molar-refractivity contribution in [3.05, 3.63) is 30.0 Å². The van der Waals surface area contributed by atoms with Crippen LogP contribution in [0.2, 0.25) is 0 Å². The summed E-state index contributed by atoms with van der Waals surface area (Å²) < 4.78 is 30.3. The summed E-state index contributed by atoms with van der Waals surface area (Å²) in [4.78, 5) is 4.15. The average Bonchev–Trinajstić information content (AvgIpc) is 2.70. The Labute approximate surface area is 116 Å². The molecule has 0 spiro atoms. The van der Waals surface area contributed by atoms with Gasteiger partial charge in [-0.2, -0.15) is 0 Å². The van der Waals surface area contributed by atoms with E-state index in [2.05, 4.69) is 4.98 Å². The summed E-state index contributed by atoms with van der Waals surface area (Å²) in [6, 6.07) is 6.32. The second-order valence-electron chi connectivity index (χ2n) is 3.83. The molecule has 2 aromatic rings. The van der Waals surface area contributed by atoms with Gasteiger partial charge in [-0.3, -0.25) is 0 Å². The van der Waals surface area contributed by atoms with Crippen LogP contribution in [0.25, 0.3) is 0 Å². The van der Waals surface area contributed by atoms with Crippen LogP contribution in [0.3, 0.4) is 0 Å². The molecular weight excluding hydrogens is 284 g/mol. The maximum absolute atomic E-state index is 12.4. The van der Waals surface area contributed by atoms with E-state index in [1.165, 1.54) is 12.1 Å². The van der Waals surface area contributed by atoms with Gasteiger partial charge in [-0.1, -0.05) is 11.3 Å². The Morgan fingerprint density at radius 3 is 2.42 bits per heavy atom. The van der Waals surface area contributed by atoms with Crippen LogP contribution in [0.5, 0.6) is 5.75 Å². The zero-order valence-corrected chi connectivity index (χ0v) is 12.2. The molecule has 1 heterocycles. The molecule has 2 N–H and O–H groups in total. The molecule has 0 bridgehead atoms. The number of nitrogen functional groups attached to an aromatic ring is 1. The van der Waals surface area contributed by atoms with Crippen molar-refractivity contribution in [2.75, 3.05) is 12.3 Å². The number of sulfone groups is 1. The molecule has 0 aliphatic heterocycles. The van der Waals surface area contributed by atoms with Crippen molar-refractivity contribution in [3.63, 3.8) is 0 Å². The Balaban J connectivity index is 2.42. The largest absolute Gasteiger partial charge is 0.494 e. The molecule has 102 valence electrons. The van der Waals surface area contributed by atoms with Gasteiger partial charge in [-0.25, -0.2) is 13.4 Å². The number of benzene rings is 1. The summed E-state index contributed by atoms with van der Waals surface area (Å²) in [7, 11) is -3.56. The Kier molecular flexibility index (Phi) is 3.77. The van der Waals surface area contributed by atoms with Gasteiger partial charge in [0.1, 0.15) is 9.96 Å². The second-order valence-corrected chi connectivity index (χ2v) is 7.01. The standard InChI is InChI=1S/C12H14N2O3S2/c1-3-17-9-4-6-10(7-5-9)19(15,16)11-8(2)14-12(13)18-11/h4-7H,3H2,1-2H3,(H2,13,14). The van der Waals surface area contributed by atoms with Crippen molar-refractivity contribution in [2.24, 2.45) is 0 Å². The normalized spacial score (nSPS) is 11.5. The van der Waals surface area contributed by atoms with E-state index in [0.717, 1.165) is 11.3 Å². The van der Waals surface area contributed by atoms with E-state index in [4.69, 9.17) is 10.5 Å². The van der Waals surface area contributed by atoms with Crippen LogP contribution in [0.1, 0.15) is 12.6 Å². The molecule has 0 saturated heterocycles. The lowest BCUT2D eigenvalue weighted by molar-refractivity contribution is 0.340. The molecule has 0 amide bonds. The zero-order chi connectivity index (χ0) is 14.0. The summed E-state index contributed by atoms with van der Waals surface area (Å²) in [5, 5.41) is 0.252. The molecule has 0 aliphatic rings. The highest BCUT2D eigenvalue weighted by Crippen LogP contribution is 2.31. The molecule has 0 radical (unpaired) electrons. The highest BCUT2D eigenvalue weighted by atomic mass is 32.2. The summed E-state index contributed by atoms with van der Waals surface area (Å²) >= 11 is 0.978. The molecule has 0 unspecified atom stereocenters. The van der Waals surface area contributed by atoms with Gasteiger partial charge in [0.15, 0.2) is 5.13 Å². The minimum Gasteiger partial charge on any atom is -0.494 e. The predicted molar refractivity (Wildman–Crippen MR) is 74.3 cm³/mol. The number of hydrogen-bond donors (Lipinski definition) is 1. The Hall–Kier alpha value is -1.60. The van der Waals surface area contributed by atoms with Crippen molar-refractivity contribution in [1.29, 1.82) is 0 Å². The van der Waals surface area contributed by atoms with Crippen molar-refractivity contribution in [2.45, 2.75) is 23.0 Å². The first-order chi connectivity index (χ1) is 8.95. The van der Waals surface area contributed by atoms with Crippen LogP contribution < -0.4 is 10.5 Å². The van der Waals surface area contributed by atoms with E-state index in [1.807, 2.05) is 6.92 Å². The first-order valence-electron chi connectivity index (χ1n) is 5.66. The second kappa shape index (κ2) is 5.18. The minimum atomic E-state index is -3.56. The number of nitrogens with zero attached hydrogens (tertiary/aromatic N) is 1. The molecule has 0 atom stereocenters. The Morgan fingerprint density at radius 1 is 1.32 bits per heavy atom. The highest BCUT2D eigenvalue weighted by molar-refractivity contribution is 7.93. The fourth-order valence-corrected chi connectivity index (χ4v) is 4.33. The molecule has 0 saturated carbocycles. The third-order valence-electron chi connectivity index (χ3n) is 2.46. The SMILES string of the molecule is CCOc1ccc(S(=O)(=O)c2sc(N)nc2C)cc1. The number of aromatic nitrogens is 1. The Bertz CT molecular complexity index is 676. The van der Waals surface area contributed by atoms with Crippen molar-refractivity contribution < 1.29 is 13.2 Å². The van der Waals surface area contributed by atoms with Gasteiger partial charge in [-0.05, 0) is 38.1 Å². The van der Waals surface area contributed by atoms with Crippen LogP contribution in [-0.4, -0.2) is 20.0 Å². The molecule has 1 aromatic heterocycles. The van der Waals surface area contributed by atoms with E-state index < -0.39 is 9.84 Å². The lowest BCUT2D eigenvalue weighted by Gasteiger charge is -2.05. The van der Waals surface area contributed by atoms with Gasteiger partial charge in [0.2, 0.25) is 9.84 Å². The minimum absolute atomic E-state index is 0.189. The molecule has 2 rings (SSSR count). The van der Waals surface area contributed by atoms with E-state index in [9.17, 15) is 8.42 Å². The average molecular weight is 298 g/mol. The molecular formula is C12H14N2O3S2. The number of ether oxygens (including phenoxy) is 1. The fraction of sp³-hybridized carbons (Fsp3) is 0.250. The van der Waals surface area contributed by atoms with Crippen LogP contribution in [0, 0.1) is 6.92 Å². The maximum atomic E-state index is 12.4. The third-order valence-corrected chi connectivity index (χ3v) is 5.83. The fourth-order valence-electron chi connectivity index (χ4n) is 1.64. The predicted octanol–water partition coefficient (Wildman–Crippen LogP) is 2.27. The summed E-state index contributed by atoms with van der Waals surface area (Å²) in [6.07, 6.45) is 0. The van der Waals surface area contributed by atoms with E-state index in [0.29, 0.717) is 18.1 Å². The van der Waals surface area contributed by atoms with E-state index in [-0.39, 0.29) is 14.2 Å².